The Kier molecular flexibility index (Phi) is 8.64. The molecule has 0 radical (unpaired) electrons. The predicted molar refractivity (Wildman–Crippen MR) is 110 cm³/mol. The van der Waals surface area contributed by atoms with E-state index in [4.69, 9.17) is 4.74 Å². The van der Waals surface area contributed by atoms with Gasteiger partial charge in [0.1, 0.15) is 0 Å². The lowest BCUT2D eigenvalue weighted by molar-refractivity contribution is -0.118. The lowest BCUT2D eigenvalue weighted by Crippen LogP contribution is -2.29. The molecule has 0 aliphatic carbocycles. The van der Waals surface area contributed by atoms with E-state index in [1.807, 2.05) is 29.6 Å². The van der Waals surface area contributed by atoms with Crippen molar-refractivity contribution in [1.29, 1.82) is 0 Å². The van der Waals surface area contributed by atoms with Crippen LogP contribution in [0.1, 0.15) is 15.2 Å². The second kappa shape index (κ2) is 10.7. The number of thiophene rings is 1. The zero-order valence-corrected chi connectivity index (χ0v) is 17.9. The molecule has 0 spiro atoms. The monoisotopic (exact) mass is 456 g/mol. The Bertz CT molecular complexity index is 752. The van der Waals surface area contributed by atoms with Crippen LogP contribution in [0.15, 0.2) is 45.1 Å². The van der Waals surface area contributed by atoms with Crippen molar-refractivity contribution in [3.8, 4) is 0 Å². The third kappa shape index (κ3) is 6.42. The van der Waals surface area contributed by atoms with Gasteiger partial charge in [0.15, 0.2) is 0 Å². The quantitative estimate of drug-likeness (QED) is 0.462. The summed E-state index contributed by atoms with van der Waals surface area (Å²) in [6, 6.07) is 9.40. The molecule has 5 nitrogen and oxygen atoms in total. The normalized spacial score (nSPS) is 10.6. The fourth-order valence-corrected chi connectivity index (χ4v) is 4.58. The van der Waals surface area contributed by atoms with Gasteiger partial charge in [-0.2, -0.15) is 0 Å². The van der Waals surface area contributed by atoms with Crippen LogP contribution in [0.2, 0.25) is 0 Å². The van der Waals surface area contributed by atoms with Crippen molar-refractivity contribution >= 4 is 50.8 Å². The Labute approximate surface area is 170 Å². The van der Waals surface area contributed by atoms with Gasteiger partial charge in [0, 0.05) is 40.3 Å². The zero-order chi connectivity index (χ0) is 18.9. The van der Waals surface area contributed by atoms with Gasteiger partial charge in [-0.25, -0.2) is 0 Å². The second-order valence-corrected chi connectivity index (χ2v) is 8.45. The number of halogens is 1. The van der Waals surface area contributed by atoms with Crippen LogP contribution in [-0.4, -0.2) is 49.8 Å². The minimum atomic E-state index is -0.0777. The summed E-state index contributed by atoms with van der Waals surface area (Å²) >= 11 is 6.40. The van der Waals surface area contributed by atoms with Crippen LogP contribution in [0.3, 0.4) is 0 Å². The maximum absolute atomic E-state index is 12.8. The summed E-state index contributed by atoms with van der Waals surface area (Å²) in [6.07, 6.45) is 0. The van der Waals surface area contributed by atoms with Crippen molar-refractivity contribution in [2.75, 3.05) is 33.1 Å². The molecule has 140 valence electrons. The molecule has 0 aliphatic heterocycles. The summed E-state index contributed by atoms with van der Waals surface area (Å²) in [5.74, 6) is 0.124. The number of amides is 2. The second-order valence-electron chi connectivity index (χ2n) is 5.52. The van der Waals surface area contributed by atoms with Gasteiger partial charge in [-0.3, -0.25) is 9.59 Å². The molecule has 0 atom stereocenters. The minimum absolute atomic E-state index is 0.0580. The first-order chi connectivity index (χ1) is 12.5. The largest absolute Gasteiger partial charge is 0.383 e. The van der Waals surface area contributed by atoms with E-state index < -0.39 is 0 Å². The van der Waals surface area contributed by atoms with Crippen molar-refractivity contribution in [1.82, 2.24) is 10.2 Å². The summed E-state index contributed by atoms with van der Waals surface area (Å²) in [7, 11) is 3.38. The smallest absolute Gasteiger partial charge is 0.255 e. The molecule has 2 aromatic rings. The first-order valence-electron chi connectivity index (χ1n) is 7.97. The summed E-state index contributed by atoms with van der Waals surface area (Å²) in [5.41, 5.74) is 0.611. The van der Waals surface area contributed by atoms with Gasteiger partial charge < -0.3 is 15.0 Å². The maximum Gasteiger partial charge on any atom is 0.255 e. The number of carbonyl (C=O) groups is 2. The third-order valence-electron chi connectivity index (χ3n) is 3.47. The van der Waals surface area contributed by atoms with Crippen molar-refractivity contribution in [2.45, 2.75) is 11.4 Å². The molecule has 1 aromatic heterocycles. The number of benzene rings is 1. The van der Waals surface area contributed by atoms with Gasteiger partial charge in [-0.1, -0.05) is 12.1 Å². The van der Waals surface area contributed by atoms with Crippen molar-refractivity contribution in [3.05, 3.63) is 50.6 Å². The van der Waals surface area contributed by atoms with Crippen molar-refractivity contribution < 1.29 is 14.3 Å². The molecule has 2 rings (SSSR count). The lowest BCUT2D eigenvalue weighted by atomic mass is 10.2. The molecule has 0 saturated carbocycles. The highest BCUT2D eigenvalue weighted by Gasteiger charge is 2.17. The molecule has 0 fully saturated rings. The van der Waals surface area contributed by atoms with Crippen LogP contribution in [0.25, 0.3) is 0 Å². The van der Waals surface area contributed by atoms with Crippen molar-refractivity contribution in [2.24, 2.45) is 0 Å². The SMILES string of the molecule is COCCNC(=O)CSc1ccccc1C(=O)N(C)Cc1cc(Br)cs1. The minimum Gasteiger partial charge on any atom is -0.383 e. The molecule has 1 N–H and O–H groups in total. The molecule has 2 amide bonds. The fraction of sp³-hybridized carbons (Fsp3) is 0.333. The van der Waals surface area contributed by atoms with E-state index in [0.29, 0.717) is 25.3 Å². The number of hydrogen-bond acceptors (Lipinski definition) is 5. The molecule has 26 heavy (non-hydrogen) atoms. The molecule has 1 aromatic carbocycles. The number of thioether (sulfide) groups is 1. The van der Waals surface area contributed by atoms with Crippen molar-refractivity contribution in [3.63, 3.8) is 0 Å². The Balaban J connectivity index is 1.98. The number of rotatable bonds is 9. The third-order valence-corrected chi connectivity index (χ3v) is 6.22. The summed E-state index contributed by atoms with van der Waals surface area (Å²) in [5, 5.41) is 4.78. The van der Waals surface area contributed by atoms with Gasteiger partial charge in [0.2, 0.25) is 5.91 Å². The summed E-state index contributed by atoms with van der Waals surface area (Å²) in [6.45, 7) is 1.51. The molecule has 8 heteroatoms. The van der Waals surface area contributed by atoms with Crippen LogP contribution in [0.5, 0.6) is 0 Å². The Morgan fingerprint density at radius 1 is 1.35 bits per heavy atom. The highest BCUT2D eigenvalue weighted by atomic mass is 79.9. The topological polar surface area (TPSA) is 58.6 Å². The Morgan fingerprint density at radius 2 is 2.12 bits per heavy atom. The van der Waals surface area contributed by atoms with E-state index in [9.17, 15) is 9.59 Å². The van der Waals surface area contributed by atoms with Crippen LogP contribution in [-0.2, 0) is 16.1 Å². The van der Waals surface area contributed by atoms with Crippen LogP contribution in [0, 0.1) is 0 Å². The number of nitrogens with one attached hydrogen (secondary N) is 1. The number of methoxy groups -OCH3 is 1. The first-order valence-corrected chi connectivity index (χ1v) is 10.6. The van der Waals surface area contributed by atoms with Gasteiger partial charge >= 0.3 is 0 Å². The number of nitrogens with zero attached hydrogens (tertiary/aromatic N) is 1. The van der Waals surface area contributed by atoms with E-state index in [1.165, 1.54) is 11.8 Å². The molecule has 0 bridgehead atoms. The van der Waals surface area contributed by atoms with Gasteiger partial charge in [0.25, 0.3) is 5.91 Å². The van der Waals surface area contributed by atoms with Crippen LogP contribution < -0.4 is 5.32 Å². The van der Waals surface area contributed by atoms with Crippen LogP contribution >= 0.6 is 39.0 Å². The zero-order valence-electron chi connectivity index (χ0n) is 14.7. The lowest BCUT2D eigenvalue weighted by Gasteiger charge is -2.18. The number of carbonyl (C=O) groups excluding carboxylic acids is 2. The van der Waals surface area contributed by atoms with Gasteiger partial charge in [-0.15, -0.1) is 23.1 Å². The average molecular weight is 457 g/mol. The Morgan fingerprint density at radius 3 is 2.81 bits per heavy atom. The van der Waals surface area contributed by atoms with E-state index in [-0.39, 0.29) is 17.6 Å². The number of ether oxygens (including phenoxy) is 1. The molecule has 0 aliphatic rings. The maximum atomic E-state index is 12.8. The van der Waals surface area contributed by atoms with E-state index in [0.717, 1.165) is 14.2 Å². The fourth-order valence-electron chi connectivity index (χ4n) is 2.20. The molecular formula is C18H21BrN2O3S2. The molecular weight excluding hydrogens is 436 g/mol. The van der Waals surface area contributed by atoms with Crippen LogP contribution in [0.4, 0.5) is 0 Å². The predicted octanol–water partition coefficient (Wildman–Crippen LogP) is 3.64. The van der Waals surface area contributed by atoms with E-state index in [1.54, 1.807) is 36.5 Å². The molecule has 1 heterocycles. The number of hydrogen-bond donors (Lipinski definition) is 1. The molecule has 0 saturated heterocycles. The van der Waals surface area contributed by atoms with E-state index in [2.05, 4.69) is 21.2 Å². The van der Waals surface area contributed by atoms with Gasteiger partial charge in [0.05, 0.1) is 24.5 Å². The Hall–Kier alpha value is -1.35. The highest BCUT2D eigenvalue weighted by Crippen LogP contribution is 2.25. The standard InChI is InChI=1S/C18H21BrN2O3S2/c1-21(10-14-9-13(19)11-25-14)18(23)15-5-3-4-6-16(15)26-12-17(22)20-7-8-24-2/h3-6,9,11H,7-8,10,12H2,1-2H3,(H,20,22). The highest BCUT2D eigenvalue weighted by molar-refractivity contribution is 9.10. The first kappa shape index (κ1) is 21.0. The average Bonchev–Trinajstić information content (AvgIpc) is 3.04. The van der Waals surface area contributed by atoms with E-state index >= 15 is 0 Å². The summed E-state index contributed by atoms with van der Waals surface area (Å²) in [4.78, 5) is 28.3. The molecule has 0 unspecified atom stereocenters. The van der Waals surface area contributed by atoms with Gasteiger partial charge in [-0.05, 0) is 34.1 Å². The summed E-state index contributed by atoms with van der Waals surface area (Å²) < 4.78 is 5.93.